The van der Waals surface area contributed by atoms with Gasteiger partial charge in [0.05, 0.1) is 114 Å². The highest BCUT2D eigenvalue weighted by atomic mass is 79.9. The van der Waals surface area contributed by atoms with E-state index in [2.05, 4.69) is 90.5 Å². The molecule has 9 fully saturated rings. The molecule has 9 atom stereocenters. The van der Waals surface area contributed by atoms with Gasteiger partial charge in [-0.05, 0) is 203 Å². The van der Waals surface area contributed by atoms with Crippen molar-refractivity contribution in [3.63, 3.8) is 0 Å². The number of carbonyl (C=O) groups excluding carboxylic acids is 11. The van der Waals surface area contributed by atoms with E-state index in [1.807, 2.05) is 117 Å². The van der Waals surface area contributed by atoms with E-state index in [9.17, 15) is 71.9 Å². The number of hydrogen-bond donors (Lipinski definition) is 8. The number of nitrogens with one attached hydrogen (secondary N) is 7. The van der Waals surface area contributed by atoms with Gasteiger partial charge in [0, 0.05) is 150 Å². The molecule has 11 amide bonds. The van der Waals surface area contributed by atoms with Crippen LogP contribution in [0.15, 0.2) is 96.4 Å². The lowest BCUT2D eigenvalue weighted by Gasteiger charge is -2.33. The number of piperidine rings is 4. The molecule has 4 aromatic heterocycles. The van der Waals surface area contributed by atoms with Crippen LogP contribution in [0.1, 0.15) is 180 Å². The first-order valence-corrected chi connectivity index (χ1v) is 51.0. The van der Waals surface area contributed by atoms with Gasteiger partial charge in [-0.1, -0.05) is 54.2 Å². The predicted octanol–water partition coefficient (Wildman–Crippen LogP) is 5.48. The summed E-state index contributed by atoms with van der Waals surface area (Å²) in [7, 11) is 6.78. The van der Waals surface area contributed by atoms with Crippen molar-refractivity contribution in [2.24, 2.45) is 33.9 Å². The number of nitrogens with two attached hydrogens (primary N) is 1. The first-order valence-electron chi connectivity index (χ1n) is 50.2. The largest absolute Gasteiger partial charge is 0.444 e. The van der Waals surface area contributed by atoms with Crippen LogP contribution >= 0.6 is 38.2 Å². The SMILES string of the molecule is C#CCN1CCO[C@@H](CNC(=O)OC(C)(C)C)C1.C1CCOC1.Cl.Cn1c(=O)n(C2CCC(=O)NC2=O)c2cccc(Br)c21.Cn1c(=O)n(C2CCC(=O)NC2=O)c2cccc(C#CCN3CCO[C@@H](CNC(=O)OC(C)(C)C)C3)c21.Cn1c(=O)n(C2CCC(=O)NC2=O)c2cccc(CCCN3CCO[C@@H](CN)C3)c21.Cn1c(=O)n(C2CCC(=O)NC2=O)c2cccc(CCCN3CCO[C@@H](CNC(=O)OC(C)(C)C)C3)c21.P. The summed E-state index contributed by atoms with van der Waals surface area (Å²) in [6.45, 7) is 31.7. The lowest BCUT2D eigenvalue weighted by molar-refractivity contribution is -0.137. The van der Waals surface area contributed by atoms with E-state index in [0.717, 1.165) is 122 Å². The lowest BCUT2D eigenvalue weighted by atomic mass is 10.0. The summed E-state index contributed by atoms with van der Waals surface area (Å²) < 4.78 is 56.4. The first-order chi connectivity index (χ1) is 70.0. The third kappa shape index (κ3) is 32.6. The van der Waals surface area contributed by atoms with E-state index in [0.29, 0.717) is 132 Å². The second-order valence-electron chi connectivity index (χ2n) is 40.5. The third-order valence-electron chi connectivity index (χ3n) is 25.9. The number of fused-ring (bicyclic) bond motifs is 4. The summed E-state index contributed by atoms with van der Waals surface area (Å²) >= 11 is 3.42. The molecule has 149 heavy (non-hydrogen) atoms. The highest BCUT2D eigenvalue weighted by Crippen LogP contribution is 2.32. The van der Waals surface area contributed by atoms with Crippen molar-refractivity contribution in [2.75, 3.05) is 144 Å². The van der Waals surface area contributed by atoms with Crippen LogP contribution in [0.5, 0.6) is 0 Å². The van der Waals surface area contributed by atoms with Crippen molar-refractivity contribution < 1.29 is 90.6 Å². The van der Waals surface area contributed by atoms with Crippen LogP contribution in [-0.2, 0) is 117 Å². The van der Waals surface area contributed by atoms with Crippen LogP contribution < -0.4 is 65.7 Å². The Morgan fingerprint density at radius 1 is 0.430 bits per heavy atom. The number of para-hydroxylation sites is 4. The molecular weight excluding hydrogens is 2030 g/mol. The number of benzene rings is 4. The Hall–Kier alpha value is -11.8. The smallest absolute Gasteiger partial charge is 0.407 e. The number of aryl methyl sites for hydroxylation is 6. The molecule has 9 saturated heterocycles. The summed E-state index contributed by atoms with van der Waals surface area (Å²) in [4.78, 5) is 191. The topological polar surface area (TPSA) is 493 Å². The first kappa shape index (κ1) is 119. The normalized spacial score (nSPS) is 21.0. The number of imide groups is 4. The van der Waals surface area contributed by atoms with Gasteiger partial charge in [0.1, 0.15) is 41.0 Å². The molecule has 4 aromatic carbocycles. The minimum Gasteiger partial charge on any atom is -0.444 e. The molecule has 0 aliphatic carbocycles. The minimum absolute atomic E-state index is 0. The van der Waals surface area contributed by atoms with Gasteiger partial charge in [-0.25, -0.2) is 33.6 Å². The molecule has 0 bridgehead atoms. The van der Waals surface area contributed by atoms with Crippen molar-refractivity contribution in [1.29, 1.82) is 0 Å². The molecule has 0 radical (unpaired) electrons. The molecule has 814 valence electrons. The van der Waals surface area contributed by atoms with E-state index in [4.69, 9.17) is 50.1 Å². The Bertz CT molecular complexity index is 6470. The number of carbonyl (C=O) groups is 11. The number of morpholine rings is 4. The quantitative estimate of drug-likeness (QED) is 0.0191. The Balaban J connectivity index is 0.000000192. The average Bonchev–Trinajstić information content (AvgIpc) is 1.60. The van der Waals surface area contributed by atoms with Crippen LogP contribution in [-0.4, -0.2) is 307 Å². The number of ether oxygens (including phenoxy) is 8. The van der Waals surface area contributed by atoms with Crippen LogP contribution in [0.2, 0.25) is 0 Å². The maximum Gasteiger partial charge on any atom is 0.407 e. The van der Waals surface area contributed by atoms with E-state index in [1.54, 1.807) is 55.5 Å². The summed E-state index contributed by atoms with van der Waals surface area (Å²) in [5.74, 6) is 6.04. The number of nitrogens with zero attached hydrogens (tertiary/aromatic N) is 12. The molecule has 8 aromatic rings. The van der Waals surface area contributed by atoms with Crippen molar-refractivity contribution >= 4 is 148 Å². The van der Waals surface area contributed by atoms with Gasteiger partial charge < -0.3 is 59.6 Å². The molecule has 46 heteroatoms. The zero-order valence-electron chi connectivity index (χ0n) is 87.4. The maximum atomic E-state index is 13.1. The number of amides is 11. The van der Waals surface area contributed by atoms with Gasteiger partial charge in [-0.2, -0.15) is 9.90 Å². The zero-order chi connectivity index (χ0) is 106. The standard InChI is InChI=1S/C26H37N5O6.C26H33N5O6.C21H29N5O4.C13H12BrN3O3.C13H22N2O3.C4H8O.ClH.H3P/c2*1-26(2,3)37-24(34)27-15-18-16-30(13-14-36-18)12-6-8-17-7-5-9-19-22(17)29(4)25(35)31(19)20-10-11-21(32)28-23(20)33;1-24-19-14(5-3-9-25-10-11-30-15(12-22)13-25)4-2-6-16(19)26(21(24)29)17-7-8-18(27)23-20(17)28;1-16-11-7(14)3-2-4-8(11)17(13(16)20)9-5-6-10(18)15-12(9)19;1-5-6-15-7-8-17-11(10-15)9-14-12(16)18-13(2,3)4;1-2-4-5-3-1;;/h5,7,9,18,20H,6,8,10-16H2,1-4H3,(H,27,34)(H,28,32,33);5,7,9,18,20H,10-16H2,1-4H3,(H,27,34)(H,28,32,33);2,4,6,15,17H,3,5,7-13,22H2,1H3,(H,23,27,28);2-4,9H,5-6H2,1H3,(H,15,18,19);1,11H,6-10H2,2-4H3,(H,14,16);1-4H2;1H;1H3/t2*18-,20?;15-,17?;;11-;;;/m000.0.../s1. The Labute approximate surface area is 882 Å². The average molecular weight is 2180 g/mol. The fraction of sp³-hybridized carbons (Fsp3) is 0.583. The Morgan fingerprint density at radius 2 is 0.738 bits per heavy atom. The molecule has 43 nitrogen and oxygen atoms in total. The lowest BCUT2D eigenvalue weighted by Crippen LogP contribution is -2.48. The third-order valence-corrected chi connectivity index (χ3v) is 26.5. The van der Waals surface area contributed by atoms with Gasteiger partial charge in [0.2, 0.25) is 47.3 Å². The van der Waals surface area contributed by atoms with Crippen LogP contribution in [0.25, 0.3) is 44.1 Å². The second-order valence-corrected chi connectivity index (χ2v) is 41.4. The number of terminal acetylenes is 1. The van der Waals surface area contributed by atoms with Gasteiger partial charge in [0.25, 0.3) is 0 Å². The minimum atomic E-state index is -0.739. The van der Waals surface area contributed by atoms with E-state index >= 15 is 0 Å². The number of halogens is 2. The summed E-state index contributed by atoms with van der Waals surface area (Å²) in [5, 5.41) is 17.5. The number of alkyl carbamates (subject to hydrolysis) is 3. The van der Waals surface area contributed by atoms with E-state index in [-0.39, 0.29) is 125 Å². The van der Waals surface area contributed by atoms with Gasteiger partial charge in [0.15, 0.2) is 0 Å². The highest BCUT2D eigenvalue weighted by Gasteiger charge is 2.38. The van der Waals surface area contributed by atoms with Crippen molar-refractivity contribution in [3.05, 3.63) is 136 Å². The fourth-order valence-corrected chi connectivity index (χ4v) is 19.6. The summed E-state index contributed by atoms with van der Waals surface area (Å²) in [5.41, 5.74) is 11.7. The fourth-order valence-electron chi connectivity index (χ4n) is 19.0. The van der Waals surface area contributed by atoms with Crippen molar-refractivity contribution in [3.8, 4) is 24.2 Å². The van der Waals surface area contributed by atoms with Gasteiger partial charge in [-0.3, -0.25) is 116 Å². The number of rotatable bonds is 21. The van der Waals surface area contributed by atoms with Crippen molar-refractivity contribution in [1.82, 2.24) is 93.4 Å². The number of hydrogen-bond acceptors (Lipinski definition) is 28. The van der Waals surface area contributed by atoms with Crippen LogP contribution in [0, 0.1) is 24.2 Å². The summed E-state index contributed by atoms with van der Waals surface area (Å²) in [6.07, 6.45) is 11.9. The highest BCUT2D eigenvalue weighted by molar-refractivity contribution is 9.10. The molecule has 9 aliphatic rings. The van der Waals surface area contributed by atoms with Crippen molar-refractivity contribution in [2.45, 2.75) is 218 Å². The summed E-state index contributed by atoms with van der Waals surface area (Å²) in [6, 6.07) is 19.8. The molecule has 0 saturated carbocycles. The number of imidazole rings is 4. The molecule has 5 unspecified atom stereocenters. The Morgan fingerprint density at radius 3 is 1.08 bits per heavy atom. The molecule has 17 rings (SSSR count). The van der Waals surface area contributed by atoms with Crippen LogP contribution in [0.4, 0.5) is 14.4 Å². The molecule has 9 aliphatic heterocycles. The molecular formula is C103H145BrClN20O23P. The maximum absolute atomic E-state index is 13.1. The number of aromatic nitrogens is 8. The van der Waals surface area contributed by atoms with E-state index in [1.165, 1.54) is 40.2 Å². The van der Waals surface area contributed by atoms with E-state index < -0.39 is 82.9 Å². The predicted molar refractivity (Wildman–Crippen MR) is 569 cm³/mol. The molecule has 9 N–H and O–H groups in total. The Kier molecular flexibility index (Phi) is 43.8. The molecule has 13 heterocycles. The molecule has 0 spiro atoms. The monoisotopic (exact) mass is 2170 g/mol. The zero-order valence-corrected chi connectivity index (χ0v) is 91.2. The van der Waals surface area contributed by atoms with Crippen LogP contribution in [0.3, 0.4) is 0 Å². The van der Waals surface area contributed by atoms with Gasteiger partial charge in [-0.15, -0.1) is 18.8 Å². The van der Waals surface area contributed by atoms with Gasteiger partial charge >= 0.3 is 41.0 Å². The second kappa shape index (κ2) is 54.8.